The molecule has 5 heteroatoms. The molecular weight excluding hydrogens is 358 g/mol. The molecule has 1 heterocycles. The highest BCUT2D eigenvalue weighted by atomic mass is 79.9. The highest BCUT2D eigenvalue weighted by molar-refractivity contribution is 9.10. The molecule has 1 amide bonds. The van der Waals surface area contributed by atoms with Gasteiger partial charge in [-0.25, -0.2) is 0 Å². The van der Waals surface area contributed by atoms with Crippen LogP contribution in [0.1, 0.15) is 29.1 Å². The van der Waals surface area contributed by atoms with Crippen molar-refractivity contribution in [1.29, 1.82) is 0 Å². The normalized spacial score (nSPS) is 11.4. The fourth-order valence-electron chi connectivity index (χ4n) is 1.98. The number of rotatable bonds is 4. The number of benzene rings is 1. The Bertz CT molecular complexity index is 624. The van der Waals surface area contributed by atoms with E-state index >= 15 is 0 Å². The van der Waals surface area contributed by atoms with Crippen molar-refractivity contribution >= 4 is 44.8 Å². The molecule has 2 aromatic rings. The Balaban J connectivity index is 2.10. The van der Waals surface area contributed by atoms with Gasteiger partial charge in [-0.1, -0.05) is 29.8 Å². The Morgan fingerprint density at radius 3 is 2.65 bits per heavy atom. The fraction of sp³-hybridized carbons (Fsp3) is 0.267. The van der Waals surface area contributed by atoms with E-state index in [2.05, 4.69) is 21.2 Å². The van der Waals surface area contributed by atoms with Gasteiger partial charge in [0.15, 0.2) is 0 Å². The van der Waals surface area contributed by atoms with E-state index < -0.39 is 0 Å². The van der Waals surface area contributed by atoms with E-state index in [9.17, 15) is 4.79 Å². The van der Waals surface area contributed by atoms with Crippen molar-refractivity contribution in [1.82, 2.24) is 5.32 Å². The zero-order valence-electron chi connectivity index (χ0n) is 11.2. The van der Waals surface area contributed by atoms with Crippen LogP contribution in [0.5, 0.6) is 0 Å². The first kappa shape index (κ1) is 15.5. The number of amides is 1. The Morgan fingerprint density at radius 1 is 1.35 bits per heavy atom. The standard InChI is InChI=1S/C15H15BrClNOS/c1-15(2,9-10-5-3-4-6-12(10)17)18-14(19)13-11(16)7-8-20-13/h3-8H,9H2,1-2H3,(H,18,19). The molecule has 0 radical (unpaired) electrons. The van der Waals surface area contributed by atoms with Gasteiger partial charge in [-0.2, -0.15) is 0 Å². The van der Waals surface area contributed by atoms with Gasteiger partial charge in [-0.15, -0.1) is 11.3 Å². The molecule has 0 aliphatic rings. The minimum Gasteiger partial charge on any atom is -0.346 e. The van der Waals surface area contributed by atoms with Crippen LogP contribution < -0.4 is 5.32 Å². The summed E-state index contributed by atoms with van der Waals surface area (Å²) in [6.07, 6.45) is 0.682. The summed E-state index contributed by atoms with van der Waals surface area (Å²) in [4.78, 5) is 12.9. The second-order valence-electron chi connectivity index (χ2n) is 5.20. The average molecular weight is 373 g/mol. The van der Waals surface area contributed by atoms with E-state index in [4.69, 9.17) is 11.6 Å². The van der Waals surface area contributed by atoms with E-state index in [0.29, 0.717) is 11.3 Å². The van der Waals surface area contributed by atoms with Crippen LogP contribution >= 0.6 is 38.9 Å². The van der Waals surface area contributed by atoms with E-state index in [1.54, 1.807) is 0 Å². The minimum atomic E-state index is -0.370. The average Bonchev–Trinajstić information content (AvgIpc) is 2.78. The Kier molecular flexibility index (Phi) is 4.89. The molecule has 2 rings (SSSR count). The first-order valence-electron chi connectivity index (χ1n) is 6.18. The number of thiophene rings is 1. The summed E-state index contributed by atoms with van der Waals surface area (Å²) in [5.74, 6) is -0.0658. The lowest BCUT2D eigenvalue weighted by atomic mass is 9.95. The third-order valence-corrected chi connectivity index (χ3v) is 5.07. The molecule has 106 valence electrons. The molecule has 2 nitrogen and oxygen atoms in total. The van der Waals surface area contributed by atoms with Gasteiger partial charge >= 0.3 is 0 Å². The van der Waals surface area contributed by atoms with Crippen LogP contribution in [0.4, 0.5) is 0 Å². The molecule has 0 bridgehead atoms. The van der Waals surface area contributed by atoms with Crippen molar-refractivity contribution in [3.63, 3.8) is 0 Å². The topological polar surface area (TPSA) is 29.1 Å². The maximum Gasteiger partial charge on any atom is 0.262 e. The summed E-state index contributed by atoms with van der Waals surface area (Å²) in [6.45, 7) is 3.99. The third kappa shape index (κ3) is 3.84. The summed E-state index contributed by atoms with van der Waals surface area (Å²) in [7, 11) is 0. The van der Waals surface area contributed by atoms with Crippen molar-refractivity contribution < 1.29 is 4.79 Å². The molecule has 0 saturated carbocycles. The van der Waals surface area contributed by atoms with E-state index in [0.717, 1.165) is 15.1 Å². The van der Waals surface area contributed by atoms with Crippen molar-refractivity contribution in [2.24, 2.45) is 0 Å². The molecule has 0 aliphatic carbocycles. The molecule has 1 N–H and O–H groups in total. The molecule has 1 aromatic carbocycles. The summed E-state index contributed by atoms with van der Waals surface area (Å²) in [5.41, 5.74) is 0.663. The third-order valence-electron chi connectivity index (χ3n) is 2.87. The monoisotopic (exact) mass is 371 g/mol. The lowest BCUT2D eigenvalue weighted by Gasteiger charge is -2.26. The number of carbonyl (C=O) groups is 1. The van der Waals surface area contributed by atoms with Gasteiger partial charge in [0.1, 0.15) is 4.88 Å². The van der Waals surface area contributed by atoms with E-state index in [-0.39, 0.29) is 11.4 Å². The van der Waals surface area contributed by atoms with Crippen LogP contribution in [0.25, 0.3) is 0 Å². The van der Waals surface area contributed by atoms with Gasteiger partial charge in [0.25, 0.3) is 5.91 Å². The first-order chi connectivity index (χ1) is 9.39. The molecular formula is C15H15BrClNOS. The highest BCUT2D eigenvalue weighted by Gasteiger charge is 2.24. The van der Waals surface area contributed by atoms with Gasteiger partial charge in [-0.3, -0.25) is 4.79 Å². The second-order valence-corrected chi connectivity index (χ2v) is 7.38. The van der Waals surface area contributed by atoms with Crippen molar-refractivity contribution in [2.75, 3.05) is 0 Å². The maximum absolute atomic E-state index is 12.3. The maximum atomic E-state index is 12.3. The molecule has 0 saturated heterocycles. The molecule has 0 atom stereocenters. The number of nitrogens with one attached hydrogen (secondary N) is 1. The number of hydrogen-bond donors (Lipinski definition) is 1. The Morgan fingerprint density at radius 2 is 2.05 bits per heavy atom. The van der Waals surface area contributed by atoms with Gasteiger partial charge < -0.3 is 5.32 Å². The van der Waals surface area contributed by atoms with Crippen molar-refractivity contribution in [3.05, 3.63) is 55.6 Å². The Hall–Kier alpha value is -0.840. The molecule has 0 aliphatic heterocycles. The molecule has 1 aromatic heterocycles. The lowest BCUT2D eigenvalue weighted by molar-refractivity contribution is 0.0916. The summed E-state index contributed by atoms with van der Waals surface area (Å²) >= 11 is 11.0. The van der Waals surface area contributed by atoms with Gasteiger partial charge in [-0.05, 0) is 59.3 Å². The van der Waals surface area contributed by atoms with E-state index in [1.165, 1.54) is 11.3 Å². The van der Waals surface area contributed by atoms with Crippen LogP contribution in [-0.4, -0.2) is 11.4 Å². The summed E-state index contributed by atoms with van der Waals surface area (Å²) < 4.78 is 0.827. The SMILES string of the molecule is CC(C)(Cc1ccccc1Cl)NC(=O)c1sccc1Br. The van der Waals surface area contributed by atoms with E-state index in [1.807, 2.05) is 49.6 Å². The van der Waals surface area contributed by atoms with Crippen LogP contribution in [0.2, 0.25) is 5.02 Å². The largest absolute Gasteiger partial charge is 0.346 e. The lowest BCUT2D eigenvalue weighted by Crippen LogP contribution is -2.45. The molecule has 0 fully saturated rings. The molecule has 0 spiro atoms. The van der Waals surface area contributed by atoms with Crippen molar-refractivity contribution in [2.45, 2.75) is 25.8 Å². The smallest absolute Gasteiger partial charge is 0.262 e. The summed E-state index contributed by atoms with van der Waals surface area (Å²) in [5, 5.41) is 5.68. The zero-order chi connectivity index (χ0) is 14.8. The first-order valence-corrected chi connectivity index (χ1v) is 8.23. The van der Waals surface area contributed by atoms with Gasteiger partial charge in [0.2, 0.25) is 0 Å². The zero-order valence-corrected chi connectivity index (χ0v) is 14.4. The number of halogens is 2. The number of carbonyl (C=O) groups excluding carboxylic acids is 1. The quantitative estimate of drug-likeness (QED) is 0.811. The van der Waals surface area contributed by atoms with Crippen LogP contribution in [0.3, 0.4) is 0 Å². The second kappa shape index (κ2) is 6.29. The number of hydrogen-bond acceptors (Lipinski definition) is 2. The molecule has 20 heavy (non-hydrogen) atoms. The predicted octanol–water partition coefficient (Wildman–Crippen LogP) is 4.92. The van der Waals surface area contributed by atoms with Crippen LogP contribution in [0, 0.1) is 0 Å². The van der Waals surface area contributed by atoms with Crippen LogP contribution in [0.15, 0.2) is 40.2 Å². The minimum absolute atomic E-state index is 0.0658. The summed E-state index contributed by atoms with van der Waals surface area (Å²) in [6, 6.07) is 9.58. The highest BCUT2D eigenvalue weighted by Crippen LogP contribution is 2.25. The van der Waals surface area contributed by atoms with Crippen LogP contribution in [-0.2, 0) is 6.42 Å². The predicted molar refractivity (Wildman–Crippen MR) is 88.7 cm³/mol. The van der Waals surface area contributed by atoms with Crippen molar-refractivity contribution in [3.8, 4) is 0 Å². The van der Waals surface area contributed by atoms with Gasteiger partial charge in [0, 0.05) is 15.0 Å². The Labute approximate surface area is 136 Å². The van der Waals surface area contributed by atoms with Gasteiger partial charge in [0.05, 0.1) is 0 Å². The molecule has 0 unspecified atom stereocenters. The fourth-order valence-corrected chi connectivity index (χ4v) is 3.63.